The number of esters is 1. The van der Waals surface area contributed by atoms with Gasteiger partial charge in [0.15, 0.2) is 11.2 Å². The van der Waals surface area contributed by atoms with Gasteiger partial charge in [0.2, 0.25) is 5.95 Å². The number of anilines is 1. The van der Waals surface area contributed by atoms with Crippen LogP contribution in [0.25, 0.3) is 11.2 Å². The number of nitrogens with zero attached hydrogens (tertiary/aromatic N) is 3. The first kappa shape index (κ1) is 16.9. The monoisotopic (exact) mass is 327 g/mol. The van der Waals surface area contributed by atoms with Crippen LogP contribution in [0.4, 0.5) is 5.95 Å². The molecule has 0 fully saturated rings. The number of H-pyrrole nitrogens is 1. The fourth-order valence-corrected chi connectivity index (χ4v) is 1.75. The molecule has 0 aliphatic rings. The van der Waals surface area contributed by atoms with Crippen LogP contribution in [0.2, 0.25) is 0 Å². The summed E-state index contributed by atoms with van der Waals surface area (Å²) in [4.78, 5) is 33.0. The highest BCUT2D eigenvalue weighted by Crippen LogP contribution is 2.07. The van der Waals surface area contributed by atoms with Crippen LogP contribution in [0.1, 0.15) is 6.42 Å². The minimum atomic E-state index is -0.769. The summed E-state index contributed by atoms with van der Waals surface area (Å²) in [5.74, 6) is -0.649. The fraction of sp³-hybridized carbons (Fsp3) is 0.500. The van der Waals surface area contributed by atoms with Crippen molar-refractivity contribution < 1.29 is 24.5 Å². The summed E-state index contributed by atoms with van der Waals surface area (Å²) >= 11 is 0. The fourth-order valence-electron chi connectivity index (χ4n) is 1.75. The number of aromatic nitrogens is 4. The number of fused-ring (bicyclic) bond motifs is 1. The van der Waals surface area contributed by atoms with E-state index in [1.165, 1.54) is 10.9 Å². The zero-order valence-electron chi connectivity index (χ0n) is 12.1. The van der Waals surface area contributed by atoms with Gasteiger partial charge in [0.05, 0.1) is 26.0 Å². The predicted octanol–water partition coefficient (Wildman–Crippen LogP) is -2.04. The number of nitrogen functional groups attached to an aromatic ring is 1. The molecule has 1 unspecified atom stereocenters. The van der Waals surface area contributed by atoms with E-state index < -0.39 is 17.6 Å². The van der Waals surface area contributed by atoms with E-state index in [0.29, 0.717) is 0 Å². The van der Waals surface area contributed by atoms with Crippen molar-refractivity contribution in [1.82, 2.24) is 19.5 Å². The van der Waals surface area contributed by atoms with Gasteiger partial charge < -0.3 is 25.4 Å². The highest BCUT2D eigenvalue weighted by atomic mass is 16.6. The first-order valence-corrected chi connectivity index (χ1v) is 6.74. The summed E-state index contributed by atoms with van der Waals surface area (Å²) in [6.45, 7) is -0.936. The van der Waals surface area contributed by atoms with E-state index in [0.717, 1.165) is 0 Å². The van der Waals surface area contributed by atoms with Gasteiger partial charge in [0.25, 0.3) is 5.56 Å². The summed E-state index contributed by atoms with van der Waals surface area (Å²) in [5, 5.41) is 17.8. The lowest BCUT2D eigenvalue weighted by atomic mass is 10.4. The number of nitrogens with one attached hydrogen (secondary N) is 1. The molecule has 23 heavy (non-hydrogen) atoms. The molecule has 126 valence electrons. The molecular formula is C12H17N5O6. The molecule has 0 aromatic carbocycles. The number of aliphatic hydroxyl groups excluding tert-OH is 2. The second kappa shape index (κ2) is 7.67. The Kier molecular flexibility index (Phi) is 5.62. The maximum atomic E-state index is 11.6. The molecule has 0 aliphatic carbocycles. The third-order valence-corrected chi connectivity index (χ3v) is 2.89. The largest absolute Gasteiger partial charge is 0.463 e. The van der Waals surface area contributed by atoms with Gasteiger partial charge in [-0.25, -0.2) is 4.98 Å². The van der Waals surface area contributed by atoms with Crippen molar-refractivity contribution in [2.24, 2.45) is 0 Å². The van der Waals surface area contributed by atoms with Crippen LogP contribution in [0.3, 0.4) is 0 Å². The van der Waals surface area contributed by atoms with E-state index in [1.807, 2.05) is 0 Å². The van der Waals surface area contributed by atoms with E-state index >= 15 is 0 Å². The van der Waals surface area contributed by atoms with Crippen LogP contribution >= 0.6 is 0 Å². The SMILES string of the molecule is Nc1nc2c(ncn2COC(CO)COC(=O)CCO)c(=O)[nH]1. The molecule has 1 atom stereocenters. The Bertz CT molecular complexity index is 726. The Balaban J connectivity index is 1.99. The Labute approximate surface area is 129 Å². The molecule has 11 heteroatoms. The van der Waals surface area contributed by atoms with Gasteiger partial charge in [0, 0.05) is 0 Å². The third kappa shape index (κ3) is 4.25. The van der Waals surface area contributed by atoms with Crippen LogP contribution < -0.4 is 11.3 Å². The molecule has 2 rings (SSSR count). The van der Waals surface area contributed by atoms with E-state index in [1.54, 1.807) is 0 Å². The van der Waals surface area contributed by atoms with Gasteiger partial charge in [-0.3, -0.25) is 19.1 Å². The molecule has 0 spiro atoms. The van der Waals surface area contributed by atoms with Crippen molar-refractivity contribution in [3.8, 4) is 0 Å². The number of aromatic amines is 1. The normalized spacial score (nSPS) is 12.4. The molecule has 0 saturated carbocycles. The molecule has 0 bridgehead atoms. The molecule has 5 N–H and O–H groups in total. The number of imidazole rings is 1. The average Bonchev–Trinajstić information content (AvgIpc) is 2.91. The lowest BCUT2D eigenvalue weighted by Gasteiger charge is -2.16. The topological polar surface area (TPSA) is 166 Å². The Morgan fingerprint density at radius 1 is 1.48 bits per heavy atom. The van der Waals surface area contributed by atoms with Crippen molar-refractivity contribution in [3.63, 3.8) is 0 Å². The van der Waals surface area contributed by atoms with Crippen molar-refractivity contribution in [3.05, 3.63) is 16.7 Å². The van der Waals surface area contributed by atoms with Gasteiger partial charge in [0.1, 0.15) is 19.4 Å². The zero-order valence-corrected chi connectivity index (χ0v) is 12.1. The quantitative estimate of drug-likeness (QED) is 0.399. The van der Waals surface area contributed by atoms with E-state index in [9.17, 15) is 14.7 Å². The average molecular weight is 327 g/mol. The Morgan fingerprint density at radius 3 is 2.96 bits per heavy atom. The highest BCUT2D eigenvalue weighted by molar-refractivity contribution is 5.70. The smallest absolute Gasteiger partial charge is 0.308 e. The Hall–Kier alpha value is -2.50. The van der Waals surface area contributed by atoms with Gasteiger partial charge in [-0.2, -0.15) is 4.98 Å². The number of hydrogen-bond acceptors (Lipinski definition) is 9. The van der Waals surface area contributed by atoms with E-state index in [2.05, 4.69) is 15.0 Å². The first-order chi connectivity index (χ1) is 11.0. The zero-order chi connectivity index (χ0) is 16.8. The number of hydrogen-bond donors (Lipinski definition) is 4. The van der Waals surface area contributed by atoms with Crippen molar-refractivity contribution in [2.75, 3.05) is 25.6 Å². The summed E-state index contributed by atoms with van der Waals surface area (Å²) in [6, 6.07) is 0. The molecule has 0 saturated heterocycles. The van der Waals surface area contributed by atoms with Gasteiger partial charge in [-0.05, 0) is 0 Å². The molecule has 2 aromatic heterocycles. The minimum absolute atomic E-state index is 0.0547. The molecule has 0 radical (unpaired) electrons. The molecule has 11 nitrogen and oxygen atoms in total. The van der Waals surface area contributed by atoms with Crippen molar-refractivity contribution in [1.29, 1.82) is 0 Å². The lowest BCUT2D eigenvalue weighted by molar-refractivity contribution is -0.151. The second-order valence-corrected chi connectivity index (χ2v) is 4.59. The molecular weight excluding hydrogens is 310 g/mol. The highest BCUT2D eigenvalue weighted by Gasteiger charge is 2.14. The number of carbonyl (C=O) groups excluding carboxylic acids is 1. The minimum Gasteiger partial charge on any atom is -0.463 e. The van der Waals surface area contributed by atoms with E-state index in [-0.39, 0.29) is 50.1 Å². The van der Waals surface area contributed by atoms with Crippen LogP contribution in [0.5, 0.6) is 0 Å². The standard InChI is InChI=1S/C12H17N5O6/c13-12-15-10-9(11(21)16-12)14-5-17(10)6-23-7(3-19)4-22-8(20)1-2-18/h5,7,18-19H,1-4,6H2,(H3,13,15,16,21). The Morgan fingerprint density at radius 2 is 2.26 bits per heavy atom. The summed E-state index contributed by atoms with van der Waals surface area (Å²) in [6.07, 6.45) is 0.448. The molecule has 0 amide bonds. The molecule has 0 aliphatic heterocycles. The number of rotatable bonds is 8. The maximum absolute atomic E-state index is 11.6. The first-order valence-electron chi connectivity index (χ1n) is 6.74. The number of nitrogens with two attached hydrogens (primary N) is 1. The molecule has 2 aromatic rings. The van der Waals surface area contributed by atoms with Crippen LogP contribution in [-0.2, 0) is 21.0 Å². The summed E-state index contributed by atoms with van der Waals surface area (Å²) < 4.78 is 11.7. The third-order valence-electron chi connectivity index (χ3n) is 2.89. The number of carbonyl (C=O) groups is 1. The van der Waals surface area contributed by atoms with Gasteiger partial charge >= 0.3 is 5.97 Å². The van der Waals surface area contributed by atoms with Crippen molar-refractivity contribution in [2.45, 2.75) is 19.3 Å². The maximum Gasteiger partial charge on any atom is 0.308 e. The predicted molar refractivity (Wildman–Crippen MR) is 77.2 cm³/mol. The van der Waals surface area contributed by atoms with Gasteiger partial charge in [-0.1, -0.05) is 0 Å². The van der Waals surface area contributed by atoms with E-state index in [4.69, 9.17) is 20.3 Å². The summed E-state index contributed by atoms with van der Waals surface area (Å²) in [7, 11) is 0. The van der Waals surface area contributed by atoms with Crippen LogP contribution in [-0.4, -0.2) is 61.6 Å². The summed E-state index contributed by atoms with van der Waals surface area (Å²) in [5.41, 5.74) is 5.35. The van der Waals surface area contributed by atoms with Gasteiger partial charge in [-0.15, -0.1) is 0 Å². The number of aliphatic hydroxyl groups is 2. The second-order valence-electron chi connectivity index (χ2n) is 4.59. The lowest BCUT2D eigenvalue weighted by Crippen LogP contribution is -2.27. The van der Waals surface area contributed by atoms with Crippen molar-refractivity contribution >= 4 is 23.1 Å². The molecule has 2 heterocycles. The number of ether oxygens (including phenoxy) is 2. The van der Waals surface area contributed by atoms with Crippen LogP contribution in [0.15, 0.2) is 11.1 Å². The van der Waals surface area contributed by atoms with Crippen LogP contribution in [0, 0.1) is 0 Å².